The van der Waals surface area contributed by atoms with E-state index in [0.29, 0.717) is 6.61 Å². The highest BCUT2D eigenvalue weighted by molar-refractivity contribution is 5.83. The summed E-state index contributed by atoms with van der Waals surface area (Å²) in [6.07, 6.45) is 5.35. The van der Waals surface area contributed by atoms with Crippen LogP contribution in [0.2, 0.25) is 0 Å². The molecule has 2 heterocycles. The monoisotopic (exact) mass is 314 g/mol. The number of hydrogen-bond acceptors (Lipinski definition) is 4. The molecule has 0 saturated heterocycles. The van der Waals surface area contributed by atoms with Crippen LogP contribution >= 0.6 is 0 Å². The molecular formula is C17H22N4O2. The Morgan fingerprint density at radius 1 is 1.43 bits per heavy atom. The molecule has 122 valence electrons. The molecule has 1 aliphatic rings. The van der Waals surface area contributed by atoms with Crippen molar-refractivity contribution in [2.45, 2.75) is 24.9 Å². The Kier molecular flexibility index (Phi) is 4.62. The van der Waals surface area contributed by atoms with E-state index in [-0.39, 0.29) is 11.9 Å². The summed E-state index contributed by atoms with van der Waals surface area (Å²) in [7, 11) is 3.62. The van der Waals surface area contributed by atoms with E-state index in [1.54, 1.807) is 17.9 Å². The van der Waals surface area contributed by atoms with Crippen LogP contribution in [0.1, 0.15) is 36.1 Å². The lowest BCUT2D eigenvalue weighted by Gasteiger charge is -2.22. The molecule has 0 bridgehead atoms. The molecule has 0 aliphatic carbocycles. The molecule has 2 aromatic rings. The maximum atomic E-state index is 12.7. The third-order valence-corrected chi connectivity index (χ3v) is 4.11. The Labute approximate surface area is 135 Å². The minimum Gasteiger partial charge on any atom is -0.493 e. The molecule has 0 spiro atoms. The van der Waals surface area contributed by atoms with Crippen LogP contribution in [-0.2, 0) is 11.8 Å². The number of carbonyl (C=O) groups is 1. The van der Waals surface area contributed by atoms with Gasteiger partial charge < -0.3 is 15.4 Å². The quantitative estimate of drug-likeness (QED) is 0.901. The van der Waals surface area contributed by atoms with E-state index in [1.165, 1.54) is 0 Å². The normalized spacial score (nSPS) is 18.4. The Bertz CT molecular complexity index is 683. The highest BCUT2D eigenvalue weighted by Gasteiger charge is 2.26. The molecule has 0 saturated carbocycles. The Balaban J connectivity index is 1.79. The van der Waals surface area contributed by atoms with Crippen LogP contribution in [0.15, 0.2) is 36.7 Å². The lowest BCUT2D eigenvalue weighted by Crippen LogP contribution is -2.38. The Morgan fingerprint density at radius 2 is 2.26 bits per heavy atom. The number of hydrogen-bond donors (Lipinski definition) is 2. The minimum atomic E-state index is -0.417. The topological polar surface area (TPSA) is 68.2 Å². The first-order valence-corrected chi connectivity index (χ1v) is 7.87. The molecule has 2 N–H and O–H groups in total. The number of benzene rings is 1. The number of rotatable bonds is 4. The maximum absolute atomic E-state index is 12.7. The molecular weight excluding hydrogens is 292 g/mol. The van der Waals surface area contributed by atoms with Crippen molar-refractivity contribution in [1.29, 1.82) is 0 Å². The second-order valence-corrected chi connectivity index (χ2v) is 5.76. The van der Waals surface area contributed by atoms with E-state index in [2.05, 4.69) is 15.7 Å². The number of likely N-dealkylation sites (N-methyl/N-ethyl adjacent to an activating group) is 1. The van der Waals surface area contributed by atoms with Crippen LogP contribution in [0.3, 0.4) is 0 Å². The van der Waals surface area contributed by atoms with Crippen molar-refractivity contribution in [3.8, 4) is 5.75 Å². The number of aryl methyl sites for hydroxylation is 1. The van der Waals surface area contributed by atoms with Gasteiger partial charge >= 0.3 is 0 Å². The molecule has 0 fully saturated rings. The fraction of sp³-hybridized carbons (Fsp3) is 0.412. The average Bonchev–Trinajstić information content (AvgIpc) is 2.87. The van der Waals surface area contributed by atoms with E-state index < -0.39 is 6.04 Å². The summed E-state index contributed by atoms with van der Waals surface area (Å²) in [5.74, 6) is 0.805. The number of ether oxygens (including phenoxy) is 1. The van der Waals surface area contributed by atoms with Gasteiger partial charge in [0, 0.05) is 24.4 Å². The standard InChI is InChI=1S/C17H22N4O2/c1-18-16(12-10-19-21(2)11-12)17(22)20-14-7-5-9-23-15-8-4-3-6-13(14)15/h3-4,6,8,10-11,14,16,18H,5,7,9H2,1-2H3,(H,20,22). The molecule has 3 rings (SSSR count). The van der Waals surface area contributed by atoms with Crippen molar-refractivity contribution in [1.82, 2.24) is 20.4 Å². The fourth-order valence-corrected chi connectivity index (χ4v) is 2.97. The first-order valence-electron chi connectivity index (χ1n) is 7.87. The summed E-state index contributed by atoms with van der Waals surface area (Å²) in [4.78, 5) is 12.7. The second-order valence-electron chi connectivity index (χ2n) is 5.76. The number of carbonyl (C=O) groups excluding carboxylic acids is 1. The SMILES string of the molecule is CNC(C(=O)NC1CCCOc2ccccc21)c1cnn(C)c1. The van der Waals surface area contributed by atoms with Gasteiger partial charge in [0.1, 0.15) is 11.8 Å². The Hall–Kier alpha value is -2.34. The minimum absolute atomic E-state index is 0.0336. The fourth-order valence-electron chi connectivity index (χ4n) is 2.97. The summed E-state index contributed by atoms with van der Waals surface area (Å²) in [5.41, 5.74) is 1.89. The van der Waals surface area contributed by atoms with E-state index in [1.807, 2.05) is 37.5 Å². The zero-order valence-electron chi connectivity index (χ0n) is 13.5. The molecule has 2 unspecified atom stereocenters. The number of nitrogens with zero attached hydrogens (tertiary/aromatic N) is 2. The highest BCUT2D eigenvalue weighted by atomic mass is 16.5. The summed E-state index contributed by atoms with van der Waals surface area (Å²) in [6.45, 7) is 0.682. The first kappa shape index (κ1) is 15.6. The lowest BCUT2D eigenvalue weighted by molar-refractivity contribution is -0.124. The van der Waals surface area contributed by atoms with Crippen LogP contribution in [0, 0.1) is 0 Å². The zero-order chi connectivity index (χ0) is 16.2. The number of para-hydroxylation sites is 1. The van der Waals surface area contributed by atoms with Crippen molar-refractivity contribution >= 4 is 5.91 Å². The molecule has 0 radical (unpaired) electrons. The molecule has 23 heavy (non-hydrogen) atoms. The predicted molar refractivity (Wildman–Crippen MR) is 87.1 cm³/mol. The van der Waals surface area contributed by atoms with Gasteiger partial charge in [-0.3, -0.25) is 9.48 Å². The van der Waals surface area contributed by atoms with Crippen molar-refractivity contribution in [2.75, 3.05) is 13.7 Å². The summed E-state index contributed by atoms with van der Waals surface area (Å²) in [6, 6.07) is 7.45. The van der Waals surface area contributed by atoms with Gasteiger partial charge in [0.05, 0.1) is 18.8 Å². The lowest BCUT2D eigenvalue weighted by atomic mass is 10.0. The number of amides is 1. The third kappa shape index (κ3) is 3.37. The molecule has 6 nitrogen and oxygen atoms in total. The number of aromatic nitrogens is 2. The second kappa shape index (κ2) is 6.83. The van der Waals surface area contributed by atoms with Gasteiger partial charge in [0.15, 0.2) is 0 Å². The average molecular weight is 314 g/mol. The van der Waals surface area contributed by atoms with Crippen molar-refractivity contribution < 1.29 is 9.53 Å². The van der Waals surface area contributed by atoms with E-state index in [4.69, 9.17) is 4.74 Å². The van der Waals surface area contributed by atoms with Crippen molar-refractivity contribution in [3.63, 3.8) is 0 Å². The summed E-state index contributed by atoms with van der Waals surface area (Å²) in [5, 5.41) is 10.4. The van der Waals surface area contributed by atoms with Gasteiger partial charge in [0.2, 0.25) is 5.91 Å². The van der Waals surface area contributed by atoms with Gasteiger partial charge in [-0.1, -0.05) is 18.2 Å². The van der Waals surface area contributed by atoms with Crippen LogP contribution in [-0.4, -0.2) is 29.3 Å². The van der Waals surface area contributed by atoms with Gasteiger partial charge in [-0.15, -0.1) is 0 Å². The smallest absolute Gasteiger partial charge is 0.242 e. The van der Waals surface area contributed by atoms with Gasteiger partial charge in [-0.05, 0) is 26.0 Å². The van der Waals surface area contributed by atoms with Crippen molar-refractivity contribution in [3.05, 3.63) is 47.8 Å². The van der Waals surface area contributed by atoms with Gasteiger partial charge in [-0.2, -0.15) is 5.10 Å². The number of nitrogens with one attached hydrogen (secondary N) is 2. The first-order chi connectivity index (χ1) is 11.2. The zero-order valence-corrected chi connectivity index (χ0v) is 13.5. The van der Waals surface area contributed by atoms with Crippen LogP contribution in [0.4, 0.5) is 0 Å². The molecule has 1 amide bonds. The van der Waals surface area contributed by atoms with Gasteiger partial charge in [-0.25, -0.2) is 0 Å². The van der Waals surface area contributed by atoms with E-state index >= 15 is 0 Å². The molecule has 2 atom stereocenters. The van der Waals surface area contributed by atoms with Crippen molar-refractivity contribution in [2.24, 2.45) is 7.05 Å². The van der Waals surface area contributed by atoms with E-state index in [0.717, 1.165) is 29.7 Å². The maximum Gasteiger partial charge on any atom is 0.242 e. The molecule has 1 aromatic carbocycles. The highest BCUT2D eigenvalue weighted by Crippen LogP contribution is 2.31. The number of fused-ring (bicyclic) bond motifs is 1. The van der Waals surface area contributed by atoms with Crippen LogP contribution in [0.5, 0.6) is 5.75 Å². The van der Waals surface area contributed by atoms with Gasteiger partial charge in [0.25, 0.3) is 0 Å². The molecule has 1 aliphatic heterocycles. The third-order valence-electron chi connectivity index (χ3n) is 4.11. The summed E-state index contributed by atoms with van der Waals surface area (Å²) >= 11 is 0. The Morgan fingerprint density at radius 3 is 3.00 bits per heavy atom. The molecule has 6 heteroatoms. The summed E-state index contributed by atoms with van der Waals surface area (Å²) < 4.78 is 7.45. The van der Waals surface area contributed by atoms with E-state index in [9.17, 15) is 4.79 Å². The molecule has 1 aromatic heterocycles. The predicted octanol–water partition coefficient (Wildman–Crippen LogP) is 1.71. The largest absolute Gasteiger partial charge is 0.493 e. The van der Waals surface area contributed by atoms with Crippen LogP contribution in [0.25, 0.3) is 0 Å². The van der Waals surface area contributed by atoms with Crippen LogP contribution < -0.4 is 15.4 Å².